The predicted molar refractivity (Wildman–Crippen MR) is 67.5 cm³/mol. The third kappa shape index (κ3) is 3.61. The molecule has 0 aromatic carbocycles. The molecule has 10 heteroatoms. The monoisotopic (exact) mass is 360 g/mol. The minimum absolute atomic E-state index is 0.140. The smallest absolute Gasteiger partial charge is 0.238 e. The molecule has 2 aromatic rings. The standard InChI is InChI=1S/C12H4Cl2F6N2/c13-8-3-5(4-9(14)22-8)6-1-2-7(11(15,16)17)21-10(6)12(18,19)20/h1-4H. The molecule has 0 bridgehead atoms. The van der Waals surface area contributed by atoms with E-state index in [-0.39, 0.29) is 15.9 Å². The fraction of sp³-hybridized carbons (Fsp3) is 0.167. The maximum absolute atomic E-state index is 13.0. The molecule has 0 unspecified atom stereocenters. The van der Waals surface area contributed by atoms with Crippen LogP contribution in [0.4, 0.5) is 26.3 Å². The van der Waals surface area contributed by atoms with Crippen LogP contribution in [0.1, 0.15) is 11.4 Å². The Hall–Kier alpha value is -1.54. The highest BCUT2D eigenvalue weighted by atomic mass is 35.5. The van der Waals surface area contributed by atoms with Gasteiger partial charge in [0.15, 0.2) is 5.69 Å². The van der Waals surface area contributed by atoms with Crippen molar-refractivity contribution in [3.63, 3.8) is 0 Å². The fourth-order valence-electron chi connectivity index (χ4n) is 1.69. The van der Waals surface area contributed by atoms with Crippen molar-refractivity contribution < 1.29 is 26.3 Å². The van der Waals surface area contributed by atoms with Crippen molar-refractivity contribution in [1.29, 1.82) is 0 Å². The molecule has 0 aliphatic carbocycles. The number of pyridine rings is 2. The van der Waals surface area contributed by atoms with Crippen LogP contribution < -0.4 is 0 Å². The van der Waals surface area contributed by atoms with Gasteiger partial charge in [0.2, 0.25) is 0 Å². The van der Waals surface area contributed by atoms with Gasteiger partial charge < -0.3 is 0 Å². The Morgan fingerprint density at radius 1 is 0.773 bits per heavy atom. The highest BCUT2D eigenvalue weighted by Crippen LogP contribution is 2.39. The van der Waals surface area contributed by atoms with Crippen LogP contribution in [0.3, 0.4) is 0 Å². The molecule has 2 rings (SSSR count). The molecule has 0 atom stereocenters. The average molecular weight is 361 g/mol. The lowest BCUT2D eigenvalue weighted by atomic mass is 10.0. The predicted octanol–water partition coefficient (Wildman–Crippen LogP) is 5.49. The van der Waals surface area contributed by atoms with Gasteiger partial charge in [-0.05, 0) is 23.8 Å². The third-order valence-electron chi connectivity index (χ3n) is 2.53. The van der Waals surface area contributed by atoms with E-state index in [1.807, 2.05) is 0 Å². The normalized spacial score (nSPS) is 12.5. The quantitative estimate of drug-likeness (QED) is 0.496. The number of aromatic nitrogens is 2. The van der Waals surface area contributed by atoms with E-state index in [1.54, 1.807) is 0 Å². The van der Waals surface area contributed by atoms with Crippen LogP contribution in [0.5, 0.6) is 0 Å². The van der Waals surface area contributed by atoms with Gasteiger partial charge in [-0.25, -0.2) is 9.97 Å². The fourth-order valence-corrected chi connectivity index (χ4v) is 2.15. The minimum Gasteiger partial charge on any atom is -0.238 e. The maximum atomic E-state index is 13.0. The first kappa shape index (κ1) is 16.8. The largest absolute Gasteiger partial charge is 0.433 e. The van der Waals surface area contributed by atoms with Crippen LogP contribution in [0.2, 0.25) is 10.3 Å². The second-order valence-electron chi connectivity index (χ2n) is 4.09. The lowest BCUT2D eigenvalue weighted by Crippen LogP contribution is -2.16. The molecule has 118 valence electrons. The molecule has 0 fully saturated rings. The molecule has 0 aliphatic heterocycles. The summed E-state index contributed by atoms with van der Waals surface area (Å²) in [5.74, 6) is 0. The van der Waals surface area contributed by atoms with Gasteiger partial charge in [0, 0.05) is 5.56 Å². The molecule has 0 radical (unpaired) electrons. The lowest BCUT2D eigenvalue weighted by molar-refractivity contribution is -0.149. The zero-order valence-corrected chi connectivity index (χ0v) is 11.7. The molecule has 0 saturated heterocycles. The van der Waals surface area contributed by atoms with E-state index in [0.29, 0.717) is 12.1 Å². The SMILES string of the molecule is FC(F)(F)c1ccc(-c2cc(Cl)nc(Cl)c2)c(C(F)(F)F)n1. The molecular weight excluding hydrogens is 357 g/mol. The molecule has 2 aromatic heterocycles. The van der Waals surface area contributed by atoms with Crippen molar-refractivity contribution >= 4 is 23.2 Å². The molecule has 2 heterocycles. The summed E-state index contributed by atoms with van der Waals surface area (Å²) in [6.45, 7) is 0. The van der Waals surface area contributed by atoms with E-state index >= 15 is 0 Å². The molecular formula is C12H4Cl2F6N2. The topological polar surface area (TPSA) is 25.8 Å². The Labute approximate surface area is 129 Å². The summed E-state index contributed by atoms with van der Waals surface area (Å²) in [5.41, 5.74) is -4.04. The summed E-state index contributed by atoms with van der Waals surface area (Å²) in [4.78, 5) is 6.25. The van der Waals surface area contributed by atoms with E-state index in [9.17, 15) is 26.3 Å². The van der Waals surface area contributed by atoms with E-state index < -0.39 is 29.3 Å². The van der Waals surface area contributed by atoms with Crippen LogP contribution in [0.25, 0.3) is 11.1 Å². The Morgan fingerprint density at radius 2 is 1.32 bits per heavy atom. The highest BCUT2D eigenvalue weighted by molar-refractivity contribution is 6.32. The number of hydrogen-bond acceptors (Lipinski definition) is 2. The van der Waals surface area contributed by atoms with E-state index in [1.165, 1.54) is 0 Å². The number of nitrogens with zero attached hydrogens (tertiary/aromatic N) is 2. The van der Waals surface area contributed by atoms with Crippen LogP contribution in [0.15, 0.2) is 24.3 Å². The van der Waals surface area contributed by atoms with Crippen molar-refractivity contribution in [3.05, 3.63) is 46.0 Å². The molecule has 0 saturated carbocycles. The Morgan fingerprint density at radius 3 is 1.77 bits per heavy atom. The van der Waals surface area contributed by atoms with Crippen molar-refractivity contribution in [2.75, 3.05) is 0 Å². The number of hydrogen-bond donors (Lipinski definition) is 0. The zero-order chi connectivity index (χ0) is 16.7. The molecule has 2 nitrogen and oxygen atoms in total. The summed E-state index contributed by atoms with van der Waals surface area (Å²) in [5, 5.41) is -0.397. The van der Waals surface area contributed by atoms with Gasteiger partial charge >= 0.3 is 12.4 Å². The maximum Gasteiger partial charge on any atom is 0.433 e. The number of rotatable bonds is 1. The second-order valence-corrected chi connectivity index (χ2v) is 4.86. The van der Waals surface area contributed by atoms with Gasteiger partial charge in [-0.1, -0.05) is 29.3 Å². The summed E-state index contributed by atoms with van der Waals surface area (Å²) in [6.07, 6.45) is -10.1. The Bertz CT molecular complexity index is 691. The van der Waals surface area contributed by atoms with Crippen LogP contribution in [-0.4, -0.2) is 9.97 Å². The third-order valence-corrected chi connectivity index (χ3v) is 2.92. The summed E-state index contributed by atoms with van der Waals surface area (Å²) in [6, 6.07) is 3.22. The van der Waals surface area contributed by atoms with Gasteiger partial charge in [0.25, 0.3) is 0 Å². The first-order valence-corrected chi connectivity index (χ1v) is 6.23. The first-order valence-electron chi connectivity index (χ1n) is 5.47. The molecule has 0 amide bonds. The zero-order valence-electron chi connectivity index (χ0n) is 10.2. The Balaban J connectivity index is 2.70. The molecule has 0 spiro atoms. The van der Waals surface area contributed by atoms with Crippen LogP contribution in [-0.2, 0) is 12.4 Å². The summed E-state index contributed by atoms with van der Waals surface area (Å²) < 4.78 is 76.6. The Kier molecular flexibility index (Phi) is 4.27. The number of alkyl halides is 6. The lowest BCUT2D eigenvalue weighted by Gasteiger charge is -2.15. The second kappa shape index (κ2) is 5.58. The minimum atomic E-state index is -5.08. The molecule has 0 N–H and O–H groups in total. The summed E-state index contributed by atoms with van der Waals surface area (Å²) >= 11 is 11.2. The molecule has 0 aliphatic rings. The molecule has 22 heavy (non-hydrogen) atoms. The van der Waals surface area contributed by atoms with Crippen molar-refractivity contribution in [1.82, 2.24) is 9.97 Å². The van der Waals surface area contributed by atoms with Gasteiger partial charge in [-0.15, -0.1) is 0 Å². The van der Waals surface area contributed by atoms with Gasteiger partial charge in [0.1, 0.15) is 16.0 Å². The van der Waals surface area contributed by atoms with E-state index in [2.05, 4.69) is 9.97 Å². The van der Waals surface area contributed by atoms with Gasteiger partial charge in [-0.2, -0.15) is 26.3 Å². The highest BCUT2D eigenvalue weighted by Gasteiger charge is 2.40. The first-order chi connectivity index (χ1) is 9.98. The summed E-state index contributed by atoms with van der Waals surface area (Å²) in [7, 11) is 0. The van der Waals surface area contributed by atoms with E-state index in [0.717, 1.165) is 12.1 Å². The van der Waals surface area contributed by atoms with E-state index in [4.69, 9.17) is 23.2 Å². The van der Waals surface area contributed by atoms with Gasteiger partial charge in [-0.3, -0.25) is 0 Å². The van der Waals surface area contributed by atoms with Crippen LogP contribution in [0, 0.1) is 0 Å². The van der Waals surface area contributed by atoms with Crippen molar-refractivity contribution in [2.45, 2.75) is 12.4 Å². The average Bonchev–Trinajstić information content (AvgIpc) is 2.34. The van der Waals surface area contributed by atoms with Gasteiger partial charge in [0.05, 0.1) is 0 Å². The van der Waals surface area contributed by atoms with Crippen LogP contribution >= 0.6 is 23.2 Å². The number of halogens is 8. The van der Waals surface area contributed by atoms with Crippen molar-refractivity contribution in [3.8, 4) is 11.1 Å². The van der Waals surface area contributed by atoms with Crippen molar-refractivity contribution in [2.24, 2.45) is 0 Å².